The molecule has 1 fully saturated rings. The number of rotatable bonds is 6. The second-order valence-electron chi connectivity index (χ2n) is 9.89. The number of anilines is 1. The van der Waals surface area contributed by atoms with E-state index >= 15 is 0 Å². The maximum Gasteiger partial charge on any atom is 0.300 e. The van der Waals surface area contributed by atoms with Crippen molar-refractivity contribution < 1.29 is 27.9 Å². The summed E-state index contributed by atoms with van der Waals surface area (Å²) in [6.07, 6.45) is 3.06. The summed E-state index contributed by atoms with van der Waals surface area (Å²) in [5.74, 6) is -1.42. The Balaban J connectivity index is 1.92. The van der Waals surface area contributed by atoms with E-state index in [9.17, 15) is 23.1 Å². The van der Waals surface area contributed by atoms with Crippen molar-refractivity contribution >= 4 is 33.2 Å². The van der Waals surface area contributed by atoms with Gasteiger partial charge in [-0.1, -0.05) is 26.8 Å². The van der Waals surface area contributed by atoms with Crippen molar-refractivity contribution in [2.75, 3.05) is 11.5 Å². The molecule has 10 heteroatoms. The van der Waals surface area contributed by atoms with Crippen LogP contribution in [0.4, 0.5) is 5.69 Å². The topological polar surface area (TPSA) is 140 Å². The summed E-state index contributed by atoms with van der Waals surface area (Å²) in [7, 11) is -3.96. The maximum absolute atomic E-state index is 13.4. The van der Waals surface area contributed by atoms with Crippen molar-refractivity contribution in [2.24, 2.45) is 5.14 Å². The van der Waals surface area contributed by atoms with Gasteiger partial charge in [-0.05, 0) is 66.4 Å². The number of sulfonamides is 1. The molecular formula is C28H29N3O6S. The van der Waals surface area contributed by atoms with Crippen molar-refractivity contribution in [3.8, 4) is 5.75 Å². The van der Waals surface area contributed by atoms with E-state index < -0.39 is 27.8 Å². The number of amides is 1. The molecular weight excluding hydrogens is 506 g/mol. The molecule has 0 radical (unpaired) electrons. The highest BCUT2D eigenvalue weighted by Gasteiger charge is 2.47. The van der Waals surface area contributed by atoms with Gasteiger partial charge in [-0.15, -0.1) is 0 Å². The Labute approximate surface area is 221 Å². The van der Waals surface area contributed by atoms with Gasteiger partial charge in [-0.25, -0.2) is 13.6 Å². The van der Waals surface area contributed by atoms with Crippen molar-refractivity contribution in [1.29, 1.82) is 0 Å². The number of hydrogen-bond acceptors (Lipinski definition) is 7. The quantitative estimate of drug-likeness (QED) is 0.276. The van der Waals surface area contributed by atoms with Gasteiger partial charge >= 0.3 is 0 Å². The van der Waals surface area contributed by atoms with Crippen LogP contribution >= 0.6 is 0 Å². The van der Waals surface area contributed by atoms with Crippen LogP contribution in [0.2, 0.25) is 0 Å². The minimum atomic E-state index is -3.96. The summed E-state index contributed by atoms with van der Waals surface area (Å²) in [5.41, 5.74) is 1.49. The normalized spacial score (nSPS) is 17.6. The molecule has 0 saturated carbocycles. The molecule has 0 bridgehead atoms. The molecule has 2 aromatic carbocycles. The van der Waals surface area contributed by atoms with Crippen LogP contribution in [0, 0.1) is 0 Å². The van der Waals surface area contributed by atoms with Gasteiger partial charge < -0.3 is 9.84 Å². The second-order valence-corrected chi connectivity index (χ2v) is 11.4. The fourth-order valence-corrected chi connectivity index (χ4v) is 4.96. The zero-order valence-electron chi connectivity index (χ0n) is 21.5. The van der Waals surface area contributed by atoms with Crippen LogP contribution in [-0.4, -0.2) is 36.8 Å². The summed E-state index contributed by atoms with van der Waals surface area (Å²) in [6, 6.07) is 12.8. The monoisotopic (exact) mass is 535 g/mol. The first-order valence-electron chi connectivity index (χ1n) is 12.0. The Morgan fingerprint density at radius 2 is 1.79 bits per heavy atom. The van der Waals surface area contributed by atoms with Crippen LogP contribution in [0.5, 0.6) is 5.75 Å². The summed E-state index contributed by atoms with van der Waals surface area (Å²) in [5, 5.41) is 16.7. The zero-order valence-corrected chi connectivity index (χ0v) is 22.3. The lowest BCUT2D eigenvalue weighted by molar-refractivity contribution is -0.132. The highest BCUT2D eigenvalue weighted by atomic mass is 32.2. The Kier molecular flexibility index (Phi) is 7.14. The SMILES string of the molecule is CCOc1ccc(/C(O)=C2/C(=O)C(=O)N(c3ccc(S(N)(=O)=O)cc3)C2c2cccnc2)cc1C(C)(C)C. The summed E-state index contributed by atoms with van der Waals surface area (Å²) in [4.78, 5) is 31.9. The number of aliphatic hydroxyl groups excluding tert-OH is 1. The third-order valence-corrected chi connectivity index (χ3v) is 7.18. The van der Waals surface area contributed by atoms with E-state index in [0.717, 1.165) is 5.56 Å². The summed E-state index contributed by atoms with van der Waals surface area (Å²) >= 11 is 0. The van der Waals surface area contributed by atoms with Gasteiger partial charge in [-0.3, -0.25) is 19.5 Å². The van der Waals surface area contributed by atoms with E-state index in [4.69, 9.17) is 9.88 Å². The predicted octanol–water partition coefficient (Wildman–Crippen LogP) is 4.05. The van der Waals surface area contributed by atoms with E-state index in [1.807, 2.05) is 27.7 Å². The van der Waals surface area contributed by atoms with Crippen LogP contribution in [0.25, 0.3) is 5.76 Å². The minimum absolute atomic E-state index is 0.109. The van der Waals surface area contributed by atoms with Crippen LogP contribution in [0.3, 0.4) is 0 Å². The maximum atomic E-state index is 13.4. The first kappa shape index (κ1) is 27.0. The molecule has 1 aromatic heterocycles. The van der Waals surface area contributed by atoms with Gasteiger partial charge in [0, 0.05) is 29.2 Å². The summed E-state index contributed by atoms with van der Waals surface area (Å²) in [6.45, 7) is 8.37. The molecule has 3 aromatic rings. The molecule has 1 amide bonds. The van der Waals surface area contributed by atoms with E-state index in [2.05, 4.69) is 4.98 Å². The number of benzene rings is 2. The first-order chi connectivity index (χ1) is 17.8. The molecule has 1 atom stereocenters. The Morgan fingerprint density at radius 3 is 2.34 bits per heavy atom. The number of aromatic nitrogens is 1. The van der Waals surface area contributed by atoms with Crippen molar-refractivity contribution in [3.05, 3.63) is 89.3 Å². The zero-order chi connectivity index (χ0) is 27.8. The molecule has 2 heterocycles. The number of aliphatic hydroxyl groups is 1. The number of pyridine rings is 1. The van der Waals surface area contributed by atoms with Crippen LogP contribution in [0.15, 0.2) is 77.5 Å². The standard InChI is InChI=1S/C28H29N3O6S/c1-5-37-22-13-8-17(15-21(22)28(2,3)4)25(32)23-24(18-7-6-14-30-16-18)31(27(34)26(23)33)19-9-11-20(12-10-19)38(29,35)36/h6-16,24,32H,5H2,1-4H3,(H2,29,35,36)/b25-23-. The van der Waals surface area contributed by atoms with Gasteiger partial charge in [0.2, 0.25) is 10.0 Å². The van der Waals surface area contributed by atoms with Crippen LogP contribution in [-0.2, 0) is 25.0 Å². The smallest absolute Gasteiger partial charge is 0.300 e. The van der Waals surface area contributed by atoms with Crippen molar-refractivity contribution in [3.63, 3.8) is 0 Å². The third kappa shape index (κ3) is 5.05. The van der Waals surface area contributed by atoms with E-state index in [-0.39, 0.29) is 27.3 Å². The first-order valence-corrected chi connectivity index (χ1v) is 13.5. The number of primary sulfonamides is 1. The van der Waals surface area contributed by atoms with Gasteiger partial charge in [0.15, 0.2) is 0 Å². The van der Waals surface area contributed by atoms with E-state index in [1.54, 1.807) is 36.5 Å². The Hall–Kier alpha value is -4.02. The van der Waals surface area contributed by atoms with Gasteiger partial charge in [0.05, 0.1) is 23.1 Å². The lowest BCUT2D eigenvalue weighted by Crippen LogP contribution is -2.29. The molecule has 4 rings (SSSR count). The molecule has 9 nitrogen and oxygen atoms in total. The molecule has 0 spiro atoms. The number of ether oxygens (including phenoxy) is 1. The minimum Gasteiger partial charge on any atom is -0.507 e. The third-order valence-electron chi connectivity index (χ3n) is 6.25. The molecule has 1 aliphatic rings. The highest BCUT2D eigenvalue weighted by molar-refractivity contribution is 7.89. The van der Waals surface area contributed by atoms with Gasteiger partial charge in [0.25, 0.3) is 11.7 Å². The predicted molar refractivity (Wildman–Crippen MR) is 143 cm³/mol. The number of nitrogens with zero attached hydrogens (tertiary/aromatic N) is 2. The molecule has 3 N–H and O–H groups in total. The summed E-state index contributed by atoms with van der Waals surface area (Å²) < 4.78 is 29.2. The largest absolute Gasteiger partial charge is 0.507 e. The van der Waals surface area contributed by atoms with Gasteiger partial charge in [-0.2, -0.15) is 0 Å². The molecule has 1 unspecified atom stereocenters. The number of carbonyl (C=O) groups is 2. The molecule has 1 saturated heterocycles. The average Bonchev–Trinajstić information content (AvgIpc) is 3.13. The number of hydrogen-bond donors (Lipinski definition) is 2. The molecule has 38 heavy (non-hydrogen) atoms. The molecule has 0 aliphatic carbocycles. The van der Waals surface area contributed by atoms with Gasteiger partial charge in [0.1, 0.15) is 11.5 Å². The second kappa shape index (κ2) is 10.0. The van der Waals surface area contributed by atoms with Crippen molar-refractivity contribution in [1.82, 2.24) is 4.98 Å². The highest BCUT2D eigenvalue weighted by Crippen LogP contribution is 2.43. The fourth-order valence-electron chi connectivity index (χ4n) is 4.45. The van der Waals surface area contributed by atoms with Crippen molar-refractivity contribution in [2.45, 2.75) is 44.0 Å². The molecule has 1 aliphatic heterocycles. The fraction of sp³-hybridized carbons (Fsp3) is 0.250. The lowest BCUT2D eigenvalue weighted by atomic mass is 9.84. The average molecular weight is 536 g/mol. The number of carbonyl (C=O) groups excluding carboxylic acids is 2. The molecule has 198 valence electrons. The van der Waals surface area contributed by atoms with Crippen LogP contribution < -0.4 is 14.8 Å². The van der Waals surface area contributed by atoms with Crippen LogP contribution in [0.1, 0.15) is 50.4 Å². The number of Topliss-reactive ketones (excluding diaryl/α,β-unsaturated/α-hetero) is 1. The van der Waals surface area contributed by atoms with E-state index in [0.29, 0.717) is 23.5 Å². The Morgan fingerprint density at radius 1 is 1.11 bits per heavy atom. The lowest BCUT2D eigenvalue weighted by Gasteiger charge is -2.26. The Bertz CT molecular complexity index is 1530. The number of ketones is 1. The van der Waals surface area contributed by atoms with E-state index in [1.165, 1.54) is 35.4 Å². The number of nitrogens with two attached hydrogens (primary N) is 1.